The van der Waals surface area contributed by atoms with Crippen LogP contribution in [0.15, 0.2) is 60.7 Å². The smallest absolute Gasteiger partial charge is 0.302 e. The molecule has 0 aromatic heterocycles. The summed E-state index contributed by atoms with van der Waals surface area (Å²) in [4.78, 5) is 22.2. The predicted octanol–water partition coefficient (Wildman–Crippen LogP) is 7.61. The number of Topliss-reactive ketones (excluding diaryl/α,β-unsaturated/α-hetero) is 1. The number of ketones is 1. The lowest BCUT2D eigenvalue weighted by molar-refractivity contribution is -0.120. The topological polar surface area (TPSA) is 72.8 Å². The van der Waals surface area contributed by atoms with Crippen molar-refractivity contribution in [3.05, 3.63) is 71.8 Å². The average Bonchev–Trinajstić information content (AvgIpc) is 2.82. The molecule has 6 heteroatoms. The molecule has 0 radical (unpaired) electrons. The van der Waals surface area contributed by atoms with E-state index in [0.717, 1.165) is 25.7 Å². The first-order valence-electron chi connectivity index (χ1n) is 12.9. The Balaban J connectivity index is 1.45. The van der Waals surface area contributed by atoms with Gasteiger partial charge in [0.05, 0.1) is 12.7 Å². The van der Waals surface area contributed by atoms with E-state index in [2.05, 4.69) is 69.3 Å². The van der Waals surface area contributed by atoms with Gasteiger partial charge in [0.25, 0.3) is 0 Å². The van der Waals surface area contributed by atoms with Crippen molar-refractivity contribution < 1.29 is 23.3 Å². The van der Waals surface area contributed by atoms with Crippen molar-refractivity contribution in [3.8, 4) is 0 Å². The number of carbonyl (C=O) groups is 1. The maximum Gasteiger partial charge on any atom is 0.472 e. The van der Waals surface area contributed by atoms with Crippen LogP contribution in [0, 0.1) is 5.41 Å². The molecule has 0 heterocycles. The molecule has 1 aliphatic rings. The summed E-state index contributed by atoms with van der Waals surface area (Å²) in [6.45, 7) is 6.35. The predicted molar refractivity (Wildman–Crippen MR) is 140 cm³/mol. The van der Waals surface area contributed by atoms with Crippen LogP contribution in [-0.4, -0.2) is 23.4 Å². The summed E-state index contributed by atoms with van der Waals surface area (Å²) in [5.74, 6) is 0.272. The van der Waals surface area contributed by atoms with Gasteiger partial charge in [-0.05, 0) is 55.1 Å². The maximum absolute atomic E-state index is 12.5. The fourth-order valence-corrected chi connectivity index (χ4v) is 6.14. The molecule has 0 bridgehead atoms. The van der Waals surface area contributed by atoms with E-state index in [1.165, 1.54) is 11.1 Å². The van der Waals surface area contributed by atoms with Gasteiger partial charge in [0, 0.05) is 18.3 Å². The van der Waals surface area contributed by atoms with Crippen LogP contribution >= 0.6 is 7.82 Å². The molecular weight excluding hydrogens is 459 g/mol. The van der Waals surface area contributed by atoms with Crippen molar-refractivity contribution in [2.75, 3.05) is 6.61 Å². The summed E-state index contributed by atoms with van der Waals surface area (Å²) in [6, 6.07) is 21.0. The molecule has 1 N–H and O–H groups in total. The highest BCUT2D eigenvalue weighted by Gasteiger charge is 2.40. The van der Waals surface area contributed by atoms with E-state index in [4.69, 9.17) is 9.05 Å². The SMILES string of the molecule is CC(C)(C)CC(=O)CCCCCOP(=O)(O)OC1CCC(c2ccccc2)(c2ccccc2)CC1. The number of benzene rings is 2. The third-order valence-corrected chi connectivity index (χ3v) is 7.88. The van der Waals surface area contributed by atoms with Gasteiger partial charge >= 0.3 is 7.82 Å². The van der Waals surface area contributed by atoms with E-state index in [1.54, 1.807) is 0 Å². The standard InChI is InChI=1S/C29H41O5P/c1-28(2,3)23-26(30)17-11-6-12-22-33-35(31,32)34-27-18-20-29(21-19-27,24-13-7-4-8-14-24)25-15-9-5-10-16-25/h4-5,7-10,13-16,27H,6,11-12,17-23H2,1-3H3,(H,31,32). The molecule has 1 saturated carbocycles. The normalized spacial score (nSPS) is 18.2. The van der Waals surface area contributed by atoms with E-state index in [-0.39, 0.29) is 29.3 Å². The third kappa shape index (κ3) is 8.68. The van der Waals surface area contributed by atoms with Crippen molar-refractivity contribution >= 4 is 13.6 Å². The van der Waals surface area contributed by atoms with Crippen molar-refractivity contribution in [3.63, 3.8) is 0 Å². The van der Waals surface area contributed by atoms with E-state index >= 15 is 0 Å². The lowest BCUT2D eigenvalue weighted by Crippen LogP contribution is -2.35. The van der Waals surface area contributed by atoms with Gasteiger partial charge in [-0.15, -0.1) is 0 Å². The molecule has 1 atom stereocenters. The summed E-state index contributed by atoms with van der Waals surface area (Å²) >= 11 is 0. The third-order valence-electron chi connectivity index (χ3n) is 6.80. The van der Waals surface area contributed by atoms with Gasteiger partial charge in [-0.3, -0.25) is 13.8 Å². The number of phosphoric acid groups is 1. The second-order valence-electron chi connectivity index (χ2n) is 11.0. The second-order valence-corrected chi connectivity index (χ2v) is 12.4. The fraction of sp³-hybridized carbons (Fsp3) is 0.552. The van der Waals surface area contributed by atoms with Gasteiger partial charge in [-0.25, -0.2) is 4.57 Å². The van der Waals surface area contributed by atoms with E-state index < -0.39 is 7.82 Å². The molecule has 35 heavy (non-hydrogen) atoms. The van der Waals surface area contributed by atoms with Gasteiger partial charge in [-0.2, -0.15) is 0 Å². The zero-order valence-electron chi connectivity index (χ0n) is 21.4. The molecule has 3 rings (SSSR count). The van der Waals surface area contributed by atoms with Gasteiger partial charge in [-0.1, -0.05) is 87.9 Å². The van der Waals surface area contributed by atoms with E-state index in [9.17, 15) is 14.3 Å². The Labute approximate surface area is 210 Å². The fourth-order valence-electron chi connectivity index (χ4n) is 5.13. The number of unbranched alkanes of at least 4 members (excludes halogenated alkanes) is 2. The molecule has 2 aromatic carbocycles. The lowest BCUT2D eigenvalue weighted by atomic mass is 9.65. The highest BCUT2D eigenvalue weighted by Crippen LogP contribution is 2.51. The Morgan fingerprint density at radius 1 is 0.943 bits per heavy atom. The van der Waals surface area contributed by atoms with Crippen molar-refractivity contribution in [2.45, 2.75) is 90.1 Å². The Morgan fingerprint density at radius 3 is 2.00 bits per heavy atom. The molecule has 1 unspecified atom stereocenters. The minimum absolute atomic E-state index is 0.0159. The van der Waals surface area contributed by atoms with Crippen LogP contribution in [0.25, 0.3) is 0 Å². The van der Waals surface area contributed by atoms with Crippen LogP contribution in [0.2, 0.25) is 0 Å². The van der Waals surface area contributed by atoms with E-state index in [1.807, 2.05) is 12.1 Å². The molecule has 0 amide bonds. The number of carbonyl (C=O) groups excluding carboxylic acids is 1. The van der Waals surface area contributed by atoms with Gasteiger partial charge in [0.15, 0.2) is 0 Å². The zero-order chi connectivity index (χ0) is 25.4. The molecule has 5 nitrogen and oxygen atoms in total. The van der Waals surface area contributed by atoms with Crippen LogP contribution < -0.4 is 0 Å². The van der Waals surface area contributed by atoms with Crippen molar-refractivity contribution in [1.29, 1.82) is 0 Å². The van der Waals surface area contributed by atoms with Crippen molar-refractivity contribution in [2.24, 2.45) is 5.41 Å². The van der Waals surface area contributed by atoms with Gasteiger partial charge < -0.3 is 4.89 Å². The molecule has 0 saturated heterocycles. The highest BCUT2D eigenvalue weighted by atomic mass is 31.2. The average molecular weight is 501 g/mol. The Kier molecular flexibility index (Phi) is 9.89. The van der Waals surface area contributed by atoms with E-state index in [0.29, 0.717) is 32.1 Å². The minimum Gasteiger partial charge on any atom is -0.302 e. The van der Waals surface area contributed by atoms with Crippen LogP contribution in [-0.2, 0) is 23.8 Å². The molecule has 2 aromatic rings. The van der Waals surface area contributed by atoms with Crippen LogP contribution in [0.1, 0.15) is 89.7 Å². The molecular formula is C29H41O5P. The second kappa shape index (κ2) is 12.5. The minimum atomic E-state index is -4.11. The summed E-state index contributed by atoms with van der Waals surface area (Å²) in [5.41, 5.74) is 2.44. The summed E-state index contributed by atoms with van der Waals surface area (Å²) < 4.78 is 23.4. The largest absolute Gasteiger partial charge is 0.472 e. The first kappa shape index (κ1) is 27.8. The first-order chi connectivity index (χ1) is 16.6. The Bertz CT molecular complexity index is 918. The zero-order valence-corrected chi connectivity index (χ0v) is 22.3. The number of rotatable bonds is 12. The van der Waals surface area contributed by atoms with Gasteiger partial charge in [0.1, 0.15) is 5.78 Å². The van der Waals surface area contributed by atoms with Crippen LogP contribution in [0.5, 0.6) is 0 Å². The molecule has 0 spiro atoms. The lowest BCUT2D eigenvalue weighted by Gasteiger charge is -2.41. The number of hydrogen-bond donors (Lipinski definition) is 1. The maximum atomic E-state index is 12.5. The summed E-state index contributed by atoms with van der Waals surface area (Å²) in [5, 5.41) is 0. The number of hydrogen-bond acceptors (Lipinski definition) is 4. The summed E-state index contributed by atoms with van der Waals surface area (Å²) in [7, 11) is -4.11. The number of phosphoric ester groups is 1. The Morgan fingerprint density at radius 2 is 1.49 bits per heavy atom. The highest BCUT2D eigenvalue weighted by molar-refractivity contribution is 7.47. The van der Waals surface area contributed by atoms with Crippen LogP contribution in [0.3, 0.4) is 0 Å². The molecule has 1 aliphatic carbocycles. The van der Waals surface area contributed by atoms with Crippen molar-refractivity contribution in [1.82, 2.24) is 0 Å². The molecule has 0 aliphatic heterocycles. The van der Waals surface area contributed by atoms with Crippen LogP contribution in [0.4, 0.5) is 0 Å². The molecule has 1 fully saturated rings. The monoisotopic (exact) mass is 500 g/mol. The molecule has 192 valence electrons. The summed E-state index contributed by atoms with van der Waals surface area (Å²) in [6.07, 6.45) is 6.09. The Hall–Kier alpha value is -1.78. The first-order valence-corrected chi connectivity index (χ1v) is 14.4. The van der Waals surface area contributed by atoms with Gasteiger partial charge in [0.2, 0.25) is 0 Å². The quantitative estimate of drug-likeness (QED) is 0.240.